The molecule has 2 saturated heterocycles. The second-order valence-electron chi connectivity index (χ2n) is 9.33. The lowest BCUT2D eigenvalue weighted by Gasteiger charge is -2.38. The largest absolute Gasteiger partial charge is 0.494 e. The van der Waals surface area contributed by atoms with E-state index < -0.39 is 0 Å². The molecule has 3 rings (SSSR count). The average Bonchev–Trinajstić information content (AvgIpc) is 2.86. The van der Waals surface area contributed by atoms with Crippen LogP contribution in [-0.4, -0.2) is 73.0 Å². The van der Waals surface area contributed by atoms with Gasteiger partial charge < -0.3 is 15.4 Å². The molecule has 0 aliphatic carbocycles. The number of unbranched alkanes of at least 4 members (excludes halogenated alkanes) is 1. The molecule has 1 amide bonds. The van der Waals surface area contributed by atoms with Crippen LogP contribution in [-0.2, 0) is 11.3 Å². The van der Waals surface area contributed by atoms with Crippen LogP contribution in [0.4, 0.5) is 0 Å². The summed E-state index contributed by atoms with van der Waals surface area (Å²) in [7, 11) is 0. The Morgan fingerprint density at radius 1 is 1.09 bits per heavy atom. The third-order valence-corrected chi connectivity index (χ3v) is 6.77. The van der Waals surface area contributed by atoms with E-state index in [2.05, 4.69) is 52.5 Å². The van der Waals surface area contributed by atoms with Crippen molar-refractivity contribution in [2.75, 3.05) is 52.4 Å². The molecular weight excluding hydrogens is 424 g/mol. The minimum Gasteiger partial charge on any atom is -0.494 e. The number of benzene rings is 1. The van der Waals surface area contributed by atoms with E-state index in [0.29, 0.717) is 5.91 Å². The van der Waals surface area contributed by atoms with Gasteiger partial charge in [-0.15, -0.1) is 0 Å². The molecule has 6 nitrogen and oxygen atoms in total. The Kier molecular flexibility index (Phi) is 10.7. The van der Waals surface area contributed by atoms with Crippen LogP contribution >= 0.6 is 0 Å². The van der Waals surface area contributed by atoms with E-state index in [1.54, 1.807) is 12.3 Å². The van der Waals surface area contributed by atoms with Crippen molar-refractivity contribution in [1.29, 1.82) is 0 Å². The maximum atomic E-state index is 13.1. The number of piperazine rings is 1. The second-order valence-corrected chi connectivity index (χ2v) is 9.33. The first-order valence-corrected chi connectivity index (χ1v) is 12.8. The summed E-state index contributed by atoms with van der Waals surface area (Å²) >= 11 is 0. The summed E-state index contributed by atoms with van der Waals surface area (Å²) in [5, 5.41) is 0. The van der Waals surface area contributed by atoms with Crippen LogP contribution in [0, 0.1) is 5.92 Å². The fraction of sp³-hybridized carbons (Fsp3) is 0.536. The molecule has 0 spiro atoms. The van der Waals surface area contributed by atoms with Crippen LogP contribution in [0.3, 0.4) is 0 Å². The Bertz CT molecular complexity index is 817. The van der Waals surface area contributed by atoms with Gasteiger partial charge in [0.25, 0.3) is 0 Å². The zero-order valence-electron chi connectivity index (χ0n) is 20.8. The predicted molar refractivity (Wildman–Crippen MR) is 139 cm³/mol. The van der Waals surface area contributed by atoms with Gasteiger partial charge in [-0.25, -0.2) is 0 Å². The topological polar surface area (TPSA) is 62.0 Å². The summed E-state index contributed by atoms with van der Waals surface area (Å²) < 4.78 is 5.76. The highest BCUT2D eigenvalue weighted by Crippen LogP contribution is 2.22. The van der Waals surface area contributed by atoms with Crippen molar-refractivity contribution in [3.8, 4) is 5.75 Å². The lowest BCUT2D eigenvalue weighted by Crippen LogP contribution is -2.51. The highest BCUT2D eigenvalue weighted by molar-refractivity contribution is 5.79. The van der Waals surface area contributed by atoms with E-state index in [1.165, 1.54) is 5.56 Å². The molecule has 0 bridgehead atoms. The molecular formula is C28H42N4O2. The van der Waals surface area contributed by atoms with Crippen molar-refractivity contribution >= 4 is 5.91 Å². The predicted octanol–water partition coefficient (Wildman–Crippen LogP) is 3.81. The Hall–Kier alpha value is -2.57. The van der Waals surface area contributed by atoms with E-state index >= 15 is 0 Å². The molecule has 0 aromatic heterocycles. The van der Waals surface area contributed by atoms with Crippen LogP contribution in [0.2, 0.25) is 0 Å². The number of amides is 1. The maximum absolute atomic E-state index is 13.1. The van der Waals surface area contributed by atoms with Crippen LogP contribution in [0.25, 0.3) is 0 Å². The molecule has 186 valence electrons. The molecule has 1 aromatic rings. The van der Waals surface area contributed by atoms with Crippen molar-refractivity contribution in [2.24, 2.45) is 11.7 Å². The van der Waals surface area contributed by atoms with Crippen molar-refractivity contribution < 1.29 is 9.53 Å². The molecule has 2 aliphatic rings. The summed E-state index contributed by atoms with van der Waals surface area (Å²) in [4.78, 5) is 20.0. The van der Waals surface area contributed by atoms with E-state index in [1.807, 2.05) is 12.2 Å². The Morgan fingerprint density at radius 3 is 2.41 bits per heavy atom. The van der Waals surface area contributed by atoms with Gasteiger partial charge >= 0.3 is 0 Å². The van der Waals surface area contributed by atoms with Crippen LogP contribution in [0.5, 0.6) is 5.75 Å². The fourth-order valence-corrected chi connectivity index (χ4v) is 4.70. The maximum Gasteiger partial charge on any atom is 0.225 e. The summed E-state index contributed by atoms with van der Waals surface area (Å²) in [6.07, 6.45) is 11.4. The highest BCUT2D eigenvalue weighted by atomic mass is 16.5. The van der Waals surface area contributed by atoms with Gasteiger partial charge in [0, 0.05) is 45.2 Å². The van der Waals surface area contributed by atoms with Crippen LogP contribution in [0.1, 0.15) is 38.2 Å². The lowest BCUT2D eigenvalue weighted by molar-refractivity contribution is -0.138. The van der Waals surface area contributed by atoms with Gasteiger partial charge in [-0.3, -0.25) is 14.6 Å². The standard InChI is InChI=1S/C28H42N4O2/c1-3-5-21-34-27-9-7-25(8-10-27)23-31-17-19-32(20-18-31)28(33)26-12-15-30(16-13-26)22-24(6-4-2)11-14-29/h4,6-11,14,26H,2-3,5,12-13,15-23,29H2,1H3/b14-11-,24-6+. The van der Waals surface area contributed by atoms with Crippen LogP contribution in [0.15, 0.2) is 60.8 Å². The summed E-state index contributed by atoms with van der Waals surface area (Å²) in [6, 6.07) is 8.45. The summed E-state index contributed by atoms with van der Waals surface area (Å²) in [6.45, 7) is 13.9. The number of hydrogen-bond donors (Lipinski definition) is 1. The average molecular weight is 467 g/mol. The second kappa shape index (κ2) is 14.0. The molecule has 0 saturated carbocycles. The third kappa shape index (κ3) is 8.03. The molecule has 34 heavy (non-hydrogen) atoms. The third-order valence-electron chi connectivity index (χ3n) is 6.77. The number of allylic oxidation sites excluding steroid dienone is 2. The number of nitrogens with zero attached hydrogens (tertiary/aromatic N) is 3. The van der Waals surface area contributed by atoms with Gasteiger partial charge in [0.2, 0.25) is 5.91 Å². The minimum atomic E-state index is 0.153. The molecule has 2 fully saturated rings. The van der Waals surface area contributed by atoms with Gasteiger partial charge in [-0.2, -0.15) is 0 Å². The van der Waals surface area contributed by atoms with Crippen molar-refractivity contribution in [3.05, 3.63) is 66.4 Å². The number of likely N-dealkylation sites (tertiary alicyclic amines) is 1. The van der Waals surface area contributed by atoms with Gasteiger partial charge in [0.05, 0.1) is 6.61 Å². The Morgan fingerprint density at radius 2 is 1.79 bits per heavy atom. The molecule has 6 heteroatoms. The monoisotopic (exact) mass is 466 g/mol. The van der Waals surface area contributed by atoms with Crippen LogP contribution < -0.4 is 10.5 Å². The van der Waals surface area contributed by atoms with Gasteiger partial charge in [0.1, 0.15) is 5.75 Å². The highest BCUT2D eigenvalue weighted by Gasteiger charge is 2.30. The van der Waals surface area contributed by atoms with Crippen molar-refractivity contribution in [3.63, 3.8) is 0 Å². The summed E-state index contributed by atoms with van der Waals surface area (Å²) in [5.74, 6) is 1.44. The van der Waals surface area contributed by atoms with Crippen molar-refractivity contribution in [1.82, 2.24) is 14.7 Å². The number of hydrogen-bond acceptors (Lipinski definition) is 5. The van der Waals surface area contributed by atoms with Crippen molar-refractivity contribution in [2.45, 2.75) is 39.2 Å². The fourth-order valence-electron chi connectivity index (χ4n) is 4.70. The molecule has 0 unspecified atom stereocenters. The Labute approximate surface area is 205 Å². The number of ether oxygens (including phenoxy) is 1. The summed E-state index contributed by atoms with van der Waals surface area (Å²) in [5.41, 5.74) is 8.00. The first-order chi connectivity index (χ1) is 16.6. The first-order valence-electron chi connectivity index (χ1n) is 12.8. The molecule has 0 atom stereocenters. The molecule has 2 N–H and O–H groups in total. The molecule has 0 radical (unpaired) electrons. The zero-order valence-corrected chi connectivity index (χ0v) is 20.8. The number of piperidine rings is 1. The quantitative estimate of drug-likeness (QED) is 0.397. The SMILES string of the molecule is C=C/C=C(\C=C/N)CN1CCC(C(=O)N2CCN(Cc3ccc(OCCCC)cc3)CC2)CC1. The van der Waals surface area contributed by atoms with E-state index in [9.17, 15) is 4.79 Å². The van der Waals surface area contributed by atoms with E-state index in [0.717, 1.165) is 96.0 Å². The zero-order chi connectivity index (χ0) is 24.2. The molecule has 2 heterocycles. The van der Waals surface area contributed by atoms with E-state index in [4.69, 9.17) is 10.5 Å². The smallest absolute Gasteiger partial charge is 0.225 e. The molecule has 1 aromatic carbocycles. The number of rotatable bonds is 11. The lowest BCUT2D eigenvalue weighted by atomic mass is 9.94. The van der Waals surface area contributed by atoms with E-state index in [-0.39, 0.29) is 5.92 Å². The minimum absolute atomic E-state index is 0.153. The first kappa shape index (κ1) is 26.0. The van der Waals surface area contributed by atoms with Gasteiger partial charge in [-0.1, -0.05) is 44.2 Å². The Balaban J connectivity index is 1.38. The number of carbonyl (C=O) groups excluding carboxylic acids is 1. The normalized spacial score (nSPS) is 19.0. The van der Waals surface area contributed by atoms with Gasteiger partial charge in [-0.05, 0) is 67.9 Å². The number of nitrogens with two attached hydrogens (primary N) is 1. The molecule has 2 aliphatic heterocycles. The number of carbonyl (C=O) groups is 1. The van der Waals surface area contributed by atoms with Gasteiger partial charge in [0.15, 0.2) is 0 Å².